The zero-order valence-corrected chi connectivity index (χ0v) is 15.2. The molecule has 0 spiro atoms. The Kier molecular flexibility index (Phi) is 12.4. The lowest BCUT2D eigenvalue weighted by Gasteiger charge is -2.30. The van der Waals surface area contributed by atoms with Crippen molar-refractivity contribution >= 4 is 29.3 Å². The highest BCUT2D eigenvalue weighted by Gasteiger charge is 2.25. The van der Waals surface area contributed by atoms with Crippen LogP contribution in [0.1, 0.15) is 39.5 Å². The van der Waals surface area contributed by atoms with Gasteiger partial charge in [0, 0.05) is 25.0 Å². The number of nitrogens with zero attached hydrogens (tertiary/aromatic N) is 4. The summed E-state index contributed by atoms with van der Waals surface area (Å²) in [6.45, 7) is 4.28. The Labute approximate surface area is 147 Å². The maximum Gasteiger partial charge on any atom is 0.306 e. The SMILES string of the molecule is CCCC(/C(N)=N/N=N/C=C/CCl)N(CC)C(=O)CCC(=O)OC. The maximum absolute atomic E-state index is 12.4. The maximum atomic E-state index is 12.4. The summed E-state index contributed by atoms with van der Waals surface area (Å²) in [7, 11) is 1.29. The van der Waals surface area contributed by atoms with E-state index >= 15 is 0 Å². The van der Waals surface area contributed by atoms with Gasteiger partial charge < -0.3 is 15.4 Å². The standard InChI is InChI=1S/C15H26ClN5O3/c1-4-7-12(15(17)19-20-18-11-6-10-16)21(5-2)13(22)8-9-14(23)24-3/h6,11-12H,4-5,7-10H2,1-3H3,(H2,17,18,19)/b11-6+. The first-order chi connectivity index (χ1) is 11.5. The van der Waals surface area contributed by atoms with E-state index < -0.39 is 5.97 Å². The van der Waals surface area contributed by atoms with Crippen molar-refractivity contribution in [1.82, 2.24) is 4.90 Å². The number of rotatable bonds is 11. The van der Waals surface area contributed by atoms with Crippen LogP contribution < -0.4 is 5.73 Å². The molecular formula is C15H26ClN5O3. The highest BCUT2D eigenvalue weighted by molar-refractivity contribution is 6.18. The molecule has 0 aliphatic carbocycles. The molecule has 24 heavy (non-hydrogen) atoms. The summed E-state index contributed by atoms with van der Waals surface area (Å²) in [5.41, 5.74) is 5.98. The van der Waals surface area contributed by atoms with Crippen LogP contribution in [0.2, 0.25) is 0 Å². The van der Waals surface area contributed by atoms with Gasteiger partial charge in [-0.05, 0) is 24.6 Å². The first-order valence-corrected chi connectivity index (χ1v) is 8.35. The third-order valence-corrected chi connectivity index (χ3v) is 3.36. The van der Waals surface area contributed by atoms with Crippen molar-refractivity contribution < 1.29 is 14.3 Å². The van der Waals surface area contributed by atoms with Crippen LogP contribution in [0.3, 0.4) is 0 Å². The number of hydrogen-bond acceptors (Lipinski definition) is 5. The molecule has 1 amide bonds. The normalized spacial score (nSPS) is 13.4. The van der Waals surface area contributed by atoms with Gasteiger partial charge in [0.05, 0.1) is 19.6 Å². The van der Waals surface area contributed by atoms with Crippen molar-refractivity contribution in [3.63, 3.8) is 0 Å². The fourth-order valence-electron chi connectivity index (χ4n) is 2.02. The summed E-state index contributed by atoms with van der Waals surface area (Å²) < 4.78 is 4.55. The molecule has 1 atom stereocenters. The smallest absolute Gasteiger partial charge is 0.306 e. The molecule has 1 unspecified atom stereocenters. The number of methoxy groups -OCH3 is 1. The van der Waals surface area contributed by atoms with Crippen LogP contribution in [-0.4, -0.2) is 48.2 Å². The number of esters is 1. The van der Waals surface area contributed by atoms with E-state index in [-0.39, 0.29) is 30.6 Å². The molecule has 0 aromatic heterocycles. The van der Waals surface area contributed by atoms with Crippen molar-refractivity contribution in [2.45, 2.75) is 45.6 Å². The quantitative estimate of drug-likeness (QED) is 0.152. The number of hydrogen-bond donors (Lipinski definition) is 1. The van der Waals surface area contributed by atoms with Gasteiger partial charge in [-0.3, -0.25) is 9.59 Å². The Morgan fingerprint density at radius 1 is 1.33 bits per heavy atom. The van der Waals surface area contributed by atoms with Crippen LogP contribution in [0.4, 0.5) is 0 Å². The number of likely N-dealkylation sites (N-methyl/N-ethyl adjacent to an activating group) is 1. The molecule has 0 aliphatic rings. The summed E-state index contributed by atoms with van der Waals surface area (Å²) in [6.07, 6.45) is 4.57. The van der Waals surface area contributed by atoms with Gasteiger partial charge in [-0.2, -0.15) is 0 Å². The van der Waals surface area contributed by atoms with Crippen LogP contribution in [0.25, 0.3) is 0 Å². The van der Waals surface area contributed by atoms with Crippen LogP contribution >= 0.6 is 11.6 Å². The predicted octanol–water partition coefficient (Wildman–Crippen LogP) is 2.43. The first-order valence-electron chi connectivity index (χ1n) is 7.82. The Bertz CT molecular complexity index is 480. The number of nitrogens with two attached hydrogens (primary N) is 1. The number of halogens is 1. The number of carbonyl (C=O) groups is 2. The van der Waals surface area contributed by atoms with Crippen LogP contribution in [-0.2, 0) is 14.3 Å². The minimum atomic E-state index is -0.423. The lowest BCUT2D eigenvalue weighted by atomic mass is 10.1. The Hall–Kier alpha value is -1.96. The van der Waals surface area contributed by atoms with Gasteiger partial charge >= 0.3 is 5.97 Å². The van der Waals surface area contributed by atoms with Gasteiger partial charge in [-0.15, -0.1) is 21.8 Å². The third kappa shape index (κ3) is 8.61. The third-order valence-electron chi connectivity index (χ3n) is 3.18. The van der Waals surface area contributed by atoms with Crippen molar-refractivity contribution in [3.8, 4) is 0 Å². The molecule has 0 heterocycles. The number of carbonyl (C=O) groups excluding carboxylic acids is 2. The van der Waals surface area contributed by atoms with E-state index in [1.165, 1.54) is 13.3 Å². The minimum absolute atomic E-state index is 0.0324. The molecule has 0 aromatic carbocycles. The van der Waals surface area contributed by atoms with E-state index in [9.17, 15) is 9.59 Å². The second-order valence-corrected chi connectivity index (χ2v) is 5.14. The van der Waals surface area contributed by atoms with Crippen LogP contribution in [0.5, 0.6) is 0 Å². The van der Waals surface area contributed by atoms with Crippen molar-refractivity contribution in [1.29, 1.82) is 0 Å². The topological polar surface area (TPSA) is 110 Å². The fraction of sp³-hybridized carbons (Fsp3) is 0.667. The molecule has 8 nitrogen and oxygen atoms in total. The molecule has 0 radical (unpaired) electrons. The lowest BCUT2D eigenvalue weighted by molar-refractivity contribution is -0.143. The molecule has 0 rings (SSSR count). The van der Waals surface area contributed by atoms with E-state index in [2.05, 4.69) is 20.2 Å². The number of ether oxygens (including phenoxy) is 1. The number of amidine groups is 1. The van der Waals surface area contributed by atoms with Crippen LogP contribution in [0.15, 0.2) is 27.7 Å². The summed E-state index contributed by atoms with van der Waals surface area (Å²) >= 11 is 5.47. The summed E-state index contributed by atoms with van der Waals surface area (Å²) in [5, 5.41) is 11.1. The van der Waals surface area contributed by atoms with E-state index in [1.54, 1.807) is 11.0 Å². The van der Waals surface area contributed by atoms with Gasteiger partial charge in [-0.1, -0.05) is 13.3 Å². The monoisotopic (exact) mass is 359 g/mol. The highest BCUT2D eigenvalue weighted by Crippen LogP contribution is 2.11. The molecule has 136 valence electrons. The molecule has 0 aliphatic heterocycles. The van der Waals surface area contributed by atoms with E-state index in [0.717, 1.165) is 6.42 Å². The largest absolute Gasteiger partial charge is 0.469 e. The predicted molar refractivity (Wildman–Crippen MR) is 93.7 cm³/mol. The number of alkyl halides is 1. The van der Waals surface area contributed by atoms with Gasteiger partial charge in [0.2, 0.25) is 5.91 Å². The van der Waals surface area contributed by atoms with Crippen molar-refractivity contribution in [2.75, 3.05) is 19.5 Å². The molecular weight excluding hydrogens is 334 g/mol. The first kappa shape index (κ1) is 22.0. The Balaban J connectivity index is 5.03. The lowest BCUT2D eigenvalue weighted by Crippen LogP contribution is -2.48. The zero-order valence-electron chi connectivity index (χ0n) is 14.4. The summed E-state index contributed by atoms with van der Waals surface area (Å²) in [6, 6.07) is -0.388. The second-order valence-electron chi connectivity index (χ2n) is 4.83. The van der Waals surface area contributed by atoms with Gasteiger partial charge in [-0.25, -0.2) is 0 Å². The van der Waals surface area contributed by atoms with E-state index in [4.69, 9.17) is 17.3 Å². The fourth-order valence-corrected chi connectivity index (χ4v) is 2.10. The summed E-state index contributed by atoms with van der Waals surface area (Å²) in [5.74, 6) is -0.0748. The minimum Gasteiger partial charge on any atom is -0.469 e. The Morgan fingerprint density at radius 3 is 2.58 bits per heavy atom. The number of allylic oxidation sites excluding steroid dienone is 1. The Morgan fingerprint density at radius 2 is 2.04 bits per heavy atom. The molecule has 0 saturated carbocycles. The molecule has 9 heteroatoms. The second kappa shape index (κ2) is 13.5. The molecule has 2 N–H and O–H groups in total. The summed E-state index contributed by atoms with van der Waals surface area (Å²) in [4.78, 5) is 25.2. The molecule has 0 aromatic rings. The van der Waals surface area contributed by atoms with Gasteiger partial charge in [0.25, 0.3) is 0 Å². The van der Waals surface area contributed by atoms with Crippen LogP contribution in [0, 0.1) is 0 Å². The van der Waals surface area contributed by atoms with Crippen molar-refractivity contribution in [2.24, 2.45) is 21.2 Å². The van der Waals surface area contributed by atoms with Gasteiger partial charge in [0.1, 0.15) is 5.84 Å². The van der Waals surface area contributed by atoms with E-state index in [1.807, 2.05) is 13.8 Å². The van der Waals surface area contributed by atoms with Gasteiger partial charge in [0.15, 0.2) is 0 Å². The van der Waals surface area contributed by atoms with E-state index in [0.29, 0.717) is 18.8 Å². The molecule has 0 bridgehead atoms. The highest BCUT2D eigenvalue weighted by atomic mass is 35.5. The average Bonchev–Trinajstić information content (AvgIpc) is 2.59. The number of amides is 1. The molecule has 0 fully saturated rings. The van der Waals surface area contributed by atoms with Crippen molar-refractivity contribution in [3.05, 3.63) is 12.3 Å². The molecule has 0 saturated heterocycles. The average molecular weight is 360 g/mol. The zero-order chi connectivity index (χ0) is 18.4.